The zero-order valence-corrected chi connectivity index (χ0v) is 15.0. The average molecular weight is 381 g/mol. The second-order valence-corrected chi connectivity index (χ2v) is 6.97. The Bertz CT molecular complexity index is 705. The molecule has 0 bridgehead atoms. The quantitative estimate of drug-likeness (QED) is 0.841. The van der Waals surface area contributed by atoms with Gasteiger partial charge in [0.1, 0.15) is 6.54 Å². The minimum Gasteiger partial charge on any atom is -0.480 e. The Balaban J connectivity index is 1.76. The molecule has 0 aromatic heterocycles. The van der Waals surface area contributed by atoms with Gasteiger partial charge in [0.2, 0.25) is 11.8 Å². The lowest BCUT2D eigenvalue weighted by Gasteiger charge is -2.34. The van der Waals surface area contributed by atoms with E-state index in [1.54, 1.807) is 24.3 Å². The molecule has 2 amide bonds. The molecule has 0 aliphatic carbocycles. The molecule has 2 heterocycles. The van der Waals surface area contributed by atoms with Crippen LogP contribution in [0.1, 0.15) is 19.3 Å². The van der Waals surface area contributed by atoms with E-state index in [4.69, 9.17) is 16.3 Å². The lowest BCUT2D eigenvalue weighted by molar-refractivity contribution is -0.149. The van der Waals surface area contributed by atoms with Gasteiger partial charge in [-0.1, -0.05) is 23.7 Å². The number of carboxylic acid groups (broad SMARTS) is 1. The first kappa shape index (κ1) is 18.7. The van der Waals surface area contributed by atoms with Gasteiger partial charge in [-0.2, -0.15) is 0 Å². The number of anilines is 1. The van der Waals surface area contributed by atoms with Gasteiger partial charge in [0.25, 0.3) is 0 Å². The summed E-state index contributed by atoms with van der Waals surface area (Å²) in [5.74, 6) is -2.10. The summed E-state index contributed by atoms with van der Waals surface area (Å²) in [5, 5.41) is 9.65. The van der Waals surface area contributed by atoms with E-state index in [0.717, 1.165) is 0 Å². The molecule has 2 aliphatic rings. The number of hydrogen-bond acceptors (Lipinski definition) is 4. The van der Waals surface area contributed by atoms with Crippen molar-refractivity contribution >= 4 is 35.1 Å². The van der Waals surface area contributed by atoms with Gasteiger partial charge in [0, 0.05) is 32.2 Å². The van der Waals surface area contributed by atoms with E-state index in [1.165, 1.54) is 9.80 Å². The summed E-state index contributed by atoms with van der Waals surface area (Å²) < 4.78 is 5.30. The van der Waals surface area contributed by atoms with Gasteiger partial charge in [-0.3, -0.25) is 14.4 Å². The lowest BCUT2D eigenvalue weighted by Crippen LogP contribution is -2.48. The van der Waals surface area contributed by atoms with Crippen LogP contribution in [0.15, 0.2) is 24.3 Å². The summed E-state index contributed by atoms with van der Waals surface area (Å²) in [4.78, 5) is 39.6. The first-order valence-electron chi connectivity index (χ1n) is 8.62. The van der Waals surface area contributed by atoms with Gasteiger partial charge in [-0.05, 0) is 25.0 Å². The van der Waals surface area contributed by atoms with Crippen molar-refractivity contribution in [3.05, 3.63) is 29.3 Å². The number of carbonyl (C=O) groups is 3. The molecule has 26 heavy (non-hydrogen) atoms. The highest BCUT2D eigenvalue weighted by Gasteiger charge is 2.40. The molecule has 140 valence electrons. The molecule has 2 aliphatic heterocycles. The molecule has 1 aromatic rings. The van der Waals surface area contributed by atoms with Crippen molar-refractivity contribution in [2.24, 2.45) is 5.92 Å². The molecule has 0 unspecified atom stereocenters. The number of rotatable bonds is 5. The Kier molecular flexibility index (Phi) is 5.78. The summed E-state index contributed by atoms with van der Waals surface area (Å²) in [6.45, 7) is 0.855. The molecule has 2 saturated heterocycles. The van der Waals surface area contributed by atoms with Crippen LogP contribution in [0, 0.1) is 5.92 Å². The van der Waals surface area contributed by atoms with E-state index < -0.39 is 11.9 Å². The van der Waals surface area contributed by atoms with E-state index in [9.17, 15) is 19.5 Å². The number of benzene rings is 1. The topological polar surface area (TPSA) is 87.2 Å². The molecule has 0 spiro atoms. The predicted octanol–water partition coefficient (Wildman–Crippen LogP) is 1.79. The van der Waals surface area contributed by atoms with Gasteiger partial charge in [-0.25, -0.2) is 0 Å². The highest BCUT2D eigenvalue weighted by molar-refractivity contribution is 6.33. The van der Waals surface area contributed by atoms with Gasteiger partial charge in [-0.15, -0.1) is 0 Å². The van der Waals surface area contributed by atoms with Crippen molar-refractivity contribution in [1.82, 2.24) is 4.90 Å². The number of carbonyl (C=O) groups excluding carboxylic acids is 2. The predicted molar refractivity (Wildman–Crippen MR) is 95.1 cm³/mol. The zero-order valence-electron chi connectivity index (χ0n) is 14.3. The first-order chi connectivity index (χ1) is 12.5. The zero-order chi connectivity index (χ0) is 18.7. The third kappa shape index (κ3) is 3.99. The van der Waals surface area contributed by atoms with Crippen molar-refractivity contribution in [1.29, 1.82) is 0 Å². The van der Waals surface area contributed by atoms with Crippen molar-refractivity contribution in [3.63, 3.8) is 0 Å². The molecular formula is C18H21ClN2O5. The average Bonchev–Trinajstić information content (AvgIpc) is 3.02. The minimum atomic E-state index is -1.06. The third-order valence-corrected chi connectivity index (χ3v) is 5.16. The summed E-state index contributed by atoms with van der Waals surface area (Å²) in [7, 11) is 0. The van der Waals surface area contributed by atoms with E-state index in [2.05, 4.69) is 0 Å². The van der Waals surface area contributed by atoms with E-state index in [1.807, 2.05) is 0 Å². The molecule has 1 N–H and O–H groups in total. The van der Waals surface area contributed by atoms with Crippen LogP contribution in [0.5, 0.6) is 0 Å². The number of carboxylic acids is 1. The van der Waals surface area contributed by atoms with Crippen LogP contribution in [0.3, 0.4) is 0 Å². The number of halogens is 1. The first-order valence-corrected chi connectivity index (χ1v) is 9.00. The van der Waals surface area contributed by atoms with Crippen LogP contribution >= 0.6 is 11.6 Å². The molecule has 0 saturated carbocycles. The standard InChI is InChI=1S/C18H21ClN2O5/c19-14-3-1-2-4-15(14)21-10-12(9-16(21)22)18(25)20(11-17(23)24)13-5-7-26-8-6-13/h1-4,12-13H,5-11H2,(H,23,24)/t12-/m0/s1. The Morgan fingerprint density at radius 2 is 1.96 bits per heavy atom. The highest BCUT2D eigenvalue weighted by atomic mass is 35.5. The second-order valence-electron chi connectivity index (χ2n) is 6.56. The van der Waals surface area contributed by atoms with E-state index in [-0.39, 0.29) is 37.4 Å². The Morgan fingerprint density at radius 3 is 2.62 bits per heavy atom. The van der Waals surface area contributed by atoms with Crippen LogP contribution in [0.4, 0.5) is 5.69 Å². The monoisotopic (exact) mass is 380 g/mol. The van der Waals surface area contributed by atoms with Crippen LogP contribution in [0.25, 0.3) is 0 Å². The number of para-hydroxylation sites is 1. The van der Waals surface area contributed by atoms with Crippen LogP contribution < -0.4 is 4.90 Å². The van der Waals surface area contributed by atoms with Crippen molar-refractivity contribution in [2.45, 2.75) is 25.3 Å². The smallest absolute Gasteiger partial charge is 0.323 e. The Morgan fingerprint density at radius 1 is 1.27 bits per heavy atom. The van der Waals surface area contributed by atoms with Gasteiger partial charge < -0.3 is 19.6 Å². The molecule has 2 fully saturated rings. The van der Waals surface area contributed by atoms with Gasteiger partial charge >= 0.3 is 5.97 Å². The fourth-order valence-corrected chi connectivity index (χ4v) is 3.78. The molecule has 0 radical (unpaired) electrons. The Hall–Kier alpha value is -2.12. The fraction of sp³-hybridized carbons (Fsp3) is 0.500. The summed E-state index contributed by atoms with van der Waals surface area (Å²) in [6, 6.07) is 6.81. The van der Waals surface area contributed by atoms with Gasteiger partial charge in [0.05, 0.1) is 16.6 Å². The SMILES string of the molecule is O=C(O)CN(C(=O)[C@H]1CC(=O)N(c2ccccc2Cl)C1)C1CCOCC1. The van der Waals surface area contributed by atoms with Crippen LogP contribution in [-0.4, -0.2) is 60.1 Å². The third-order valence-electron chi connectivity index (χ3n) is 4.84. The minimum absolute atomic E-state index is 0.0589. The molecular weight excluding hydrogens is 360 g/mol. The summed E-state index contributed by atoms with van der Waals surface area (Å²) in [6.07, 6.45) is 1.27. The number of aliphatic carboxylic acids is 1. The van der Waals surface area contributed by atoms with E-state index >= 15 is 0 Å². The van der Waals surface area contributed by atoms with Gasteiger partial charge in [0.15, 0.2) is 0 Å². The van der Waals surface area contributed by atoms with Crippen molar-refractivity contribution in [3.8, 4) is 0 Å². The molecule has 8 heteroatoms. The largest absolute Gasteiger partial charge is 0.480 e. The number of ether oxygens (including phenoxy) is 1. The Labute approximate surface area is 156 Å². The fourth-order valence-electron chi connectivity index (χ4n) is 3.54. The number of nitrogens with zero attached hydrogens (tertiary/aromatic N) is 2. The van der Waals surface area contributed by atoms with Crippen LogP contribution in [0.2, 0.25) is 5.02 Å². The summed E-state index contributed by atoms with van der Waals surface area (Å²) >= 11 is 6.17. The highest BCUT2D eigenvalue weighted by Crippen LogP contribution is 2.32. The molecule has 1 atom stereocenters. The van der Waals surface area contributed by atoms with Crippen LogP contribution in [-0.2, 0) is 19.1 Å². The lowest BCUT2D eigenvalue weighted by atomic mass is 10.0. The molecule has 7 nitrogen and oxygen atoms in total. The summed E-state index contributed by atoms with van der Waals surface area (Å²) in [5.41, 5.74) is 0.574. The molecule has 3 rings (SSSR count). The van der Waals surface area contributed by atoms with Crippen molar-refractivity contribution < 1.29 is 24.2 Å². The maximum absolute atomic E-state index is 13.0. The normalized spacial score (nSPS) is 21.0. The number of hydrogen-bond donors (Lipinski definition) is 1. The maximum atomic E-state index is 13.0. The second kappa shape index (κ2) is 8.05. The van der Waals surface area contributed by atoms with Crippen molar-refractivity contribution in [2.75, 3.05) is 31.2 Å². The maximum Gasteiger partial charge on any atom is 0.323 e. The number of amides is 2. The molecule has 1 aromatic carbocycles. The van der Waals surface area contributed by atoms with E-state index in [0.29, 0.717) is 36.8 Å².